The summed E-state index contributed by atoms with van der Waals surface area (Å²) < 4.78 is 0. The quantitative estimate of drug-likeness (QED) is 0.701. The molecule has 0 unspecified atom stereocenters. The van der Waals surface area contributed by atoms with Crippen molar-refractivity contribution in [3.8, 4) is 0 Å². The van der Waals surface area contributed by atoms with E-state index in [4.69, 9.17) is 11.6 Å². The summed E-state index contributed by atoms with van der Waals surface area (Å²) in [5.74, 6) is 0.183. The topological polar surface area (TPSA) is 54.0 Å². The maximum absolute atomic E-state index is 12.2. The second-order valence-corrected chi connectivity index (χ2v) is 5.77. The molecular formula is C19H16ClN3O. The van der Waals surface area contributed by atoms with Gasteiger partial charge in [-0.2, -0.15) is 0 Å². The number of nitrogens with zero attached hydrogens (tertiary/aromatic N) is 1. The summed E-state index contributed by atoms with van der Waals surface area (Å²) in [5, 5.41) is 6.42. The predicted molar refractivity (Wildman–Crippen MR) is 98.1 cm³/mol. The Hall–Kier alpha value is -2.85. The summed E-state index contributed by atoms with van der Waals surface area (Å²) in [5.41, 5.74) is 3.43. The number of pyridine rings is 1. The van der Waals surface area contributed by atoms with Crippen LogP contribution in [0, 0.1) is 6.92 Å². The third-order valence-corrected chi connectivity index (χ3v) is 3.76. The number of carbonyl (C=O) groups excluding carboxylic acids is 1. The lowest BCUT2D eigenvalue weighted by atomic mass is 10.2. The van der Waals surface area contributed by atoms with Crippen LogP contribution in [0.5, 0.6) is 0 Å². The van der Waals surface area contributed by atoms with Gasteiger partial charge in [0, 0.05) is 5.69 Å². The Labute approximate surface area is 145 Å². The zero-order chi connectivity index (χ0) is 16.9. The van der Waals surface area contributed by atoms with Gasteiger partial charge in [0.1, 0.15) is 5.82 Å². The molecule has 0 aliphatic carbocycles. The minimum absolute atomic E-state index is 0.285. The molecule has 0 aliphatic rings. The second kappa shape index (κ2) is 7.15. The Balaban J connectivity index is 1.68. The largest absolute Gasteiger partial charge is 0.354 e. The summed E-state index contributed by atoms with van der Waals surface area (Å²) in [4.78, 5) is 16.5. The van der Waals surface area contributed by atoms with E-state index < -0.39 is 0 Å². The molecule has 0 radical (unpaired) electrons. The highest BCUT2D eigenvalue weighted by atomic mass is 35.5. The molecule has 3 aromatic rings. The molecule has 2 N–H and O–H groups in total. The van der Waals surface area contributed by atoms with Crippen LogP contribution in [0.3, 0.4) is 0 Å². The molecule has 120 valence electrons. The van der Waals surface area contributed by atoms with E-state index in [-0.39, 0.29) is 5.91 Å². The SMILES string of the molecule is Cc1cccc(Nc2ccc(NC(=O)c3ccccc3Cl)nc2)c1. The minimum Gasteiger partial charge on any atom is -0.354 e. The molecule has 0 saturated heterocycles. The van der Waals surface area contributed by atoms with Crippen LogP contribution in [0.1, 0.15) is 15.9 Å². The molecule has 0 fully saturated rings. The van der Waals surface area contributed by atoms with Gasteiger partial charge in [-0.25, -0.2) is 4.98 Å². The van der Waals surface area contributed by atoms with E-state index in [9.17, 15) is 4.79 Å². The van der Waals surface area contributed by atoms with Gasteiger partial charge in [-0.1, -0.05) is 35.9 Å². The van der Waals surface area contributed by atoms with Gasteiger partial charge in [0.05, 0.1) is 22.5 Å². The van der Waals surface area contributed by atoms with Crippen molar-refractivity contribution in [3.05, 3.63) is 83.0 Å². The molecule has 0 atom stereocenters. The van der Waals surface area contributed by atoms with Crippen molar-refractivity contribution >= 4 is 34.7 Å². The van der Waals surface area contributed by atoms with Crippen LogP contribution in [0.2, 0.25) is 5.02 Å². The maximum Gasteiger partial charge on any atom is 0.258 e. The maximum atomic E-state index is 12.2. The smallest absolute Gasteiger partial charge is 0.258 e. The van der Waals surface area contributed by atoms with Crippen molar-refractivity contribution in [3.63, 3.8) is 0 Å². The molecule has 1 amide bonds. The lowest BCUT2D eigenvalue weighted by molar-refractivity contribution is 0.102. The summed E-state index contributed by atoms with van der Waals surface area (Å²) in [6.45, 7) is 2.04. The number of halogens is 1. The molecule has 0 aliphatic heterocycles. The Morgan fingerprint density at radius 1 is 1.00 bits per heavy atom. The molecule has 0 spiro atoms. The van der Waals surface area contributed by atoms with E-state index in [1.165, 1.54) is 5.56 Å². The van der Waals surface area contributed by atoms with E-state index in [2.05, 4.69) is 15.6 Å². The van der Waals surface area contributed by atoms with E-state index in [1.54, 1.807) is 36.5 Å². The molecule has 3 rings (SSSR count). The van der Waals surface area contributed by atoms with Crippen LogP contribution in [0.25, 0.3) is 0 Å². The first-order chi connectivity index (χ1) is 11.6. The first-order valence-electron chi connectivity index (χ1n) is 7.47. The molecule has 1 heterocycles. The van der Waals surface area contributed by atoms with Gasteiger partial charge in [0.15, 0.2) is 0 Å². The third-order valence-electron chi connectivity index (χ3n) is 3.43. The fourth-order valence-electron chi connectivity index (χ4n) is 2.26. The number of nitrogens with one attached hydrogen (secondary N) is 2. The summed E-state index contributed by atoms with van der Waals surface area (Å²) in [6.07, 6.45) is 1.67. The molecule has 0 bridgehead atoms. The van der Waals surface area contributed by atoms with Crippen LogP contribution < -0.4 is 10.6 Å². The van der Waals surface area contributed by atoms with Gasteiger partial charge >= 0.3 is 0 Å². The van der Waals surface area contributed by atoms with Gasteiger partial charge in [0.25, 0.3) is 5.91 Å². The van der Waals surface area contributed by atoms with Gasteiger partial charge in [-0.3, -0.25) is 4.79 Å². The molecule has 4 nitrogen and oxygen atoms in total. The van der Waals surface area contributed by atoms with E-state index in [1.807, 2.05) is 37.3 Å². The van der Waals surface area contributed by atoms with Gasteiger partial charge in [-0.15, -0.1) is 0 Å². The Bertz CT molecular complexity index is 862. The number of amides is 1. The fraction of sp³-hybridized carbons (Fsp3) is 0.0526. The van der Waals surface area contributed by atoms with Crippen LogP contribution in [0.15, 0.2) is 66.9 Å². The number of carbonyl (C=O) groups is 1. The molecule has 0 saturated carbocycles. The monoisotopic (exact) mass is 337 g/mol. The average molecular weight is 338 g/mol. The van der Waals surface area contributed by atoms with E-state index >= 15 is 0 Å². The summed E-state index contributed by atoms with van der Waals surface area (Å²) in [7, 11) is 0. The van der Waals surface area contributed by atoms with Crippen molar-refractivity contribution in [1.82, 2.24) is 4.98 Å². The molecule has 5 heteroatoms. The van der Waals surface area contributed by atoms with E-state index in [0.29, 0.717) is 16.4 Å². The zero-order valence-electron chi connectivity index (χ0n) is 13.1. The number of hydrogen-bond donors (Lipinski definition) is 2. The van der Waals surface area contributed by atoms with Crippen molar-refractivity contribution in [2.75, 3.05) is 10.6 Å². The number of aryl methyl sites for hydroxylation is 1. The second-order valence-electron chi connectivity index (χ2n) is 5.36. The van der Waals surface area contributed by atoms with Crippen LogP contribution >= 0.6 is 11.6 Å². The van der Waals surface area contributed by atoms with Crippen LogP contribution in [-0.2, 0) is 0 Å². The number of anilines is 3. The summed E-state index contributed by atoms with van der Waals surface area (Å²) in [6, 6.07) is 18.6. The molecular weight excluding hydrogens is 322 g/mol. The van der Waals surface area contributed by atoms with Crippen molar-refractivity contribution in [1.29, 1.82) is 0 Å². The first-order valence-corrected chi connectivity index (χ1v) is 7.85. The highest BCUT2D eigenvalue weighted by Crippen LogP contribution is 2.19. The molecule has 1 aromatic heterocycles. The number of hydrogen-bond acceptors (Lipinski definition) is 3. The van der Waals surface area contributed by atoms with Gasteiger partial charge in [-0.05, 0) is 48.9 Å². The minimum atomic E-state index is -0.285. The van der Waals surface area contributed by atoms with E-state index in [0.717, 1.165) is 11.4 Å². The lowest BCUT2D eigenvalue weighted by Crippen LogP contribution is -2.13. The summed E-state index contributed by atoms with van der Waals surface area (Å²) >= 11 is 6.02. The number of rotatable bonds is 4. The lowest BCUT2D eigenvalue weighted by Gasteiger charge is -2.09. The molecule has 24 heavy (non-hydrogen) atoms. The predicted octanol–water partition coefficient (Wildman–Crippen LogP) is 5.04. The Morgan fingerprint density at radius 3 is 2.54 bits per heavy atom. The number of benzene rings is 2. The van der Waals surface area contributed by atoms with Crippen LogP contribution in [0.4, 0.5) is 17.2 Å². The standard InChI is InChI=1S/C19H16ClN3O/c1-13-5-4-6-14(11-13)22-15-9-10-18(21-12-15)23-19(24)16-7-2-3-8-17(16)20/h2-12,22H,1H3,(H,21,23,24). The molecule has 2 aromatic carbocycles. The van der Waals surface area contributed by atoms with Crippen molar-refractivity contribution in [2.24, 2.45) is 0 Å². The fourth-order valence-corrected chi connectivity index (χ4v) is 2.48. The first kappa shape index (κ1) is 16.0. The highest BCUT2D eigenvalue weighted by Gasteiger charge is 2.10. The van der Waals surface area contributed by atoms with Gasteiger partial charge in [0.2, 0.25) is 0 Å². The zero-order valence-corrected chi connectivity index (χ0v) is 13.8. The Morgan fingerprint density at radius 2 is 1.83 bits per heavy atom. The highest BCUT2D eigenvalue weighted by molar-refractivity contribution is 6.34. The Kier molecular flexibility index (Phi) is 4.77. The normalized spacial score (nSPS) is 10.2. The van der Waals surface area contributed by atoms with Crippen molar-refractivity contribution in [2.45, 2.75) is 6.92 Å². The van der Waals surface area contributed by atoms with Crippen LogP contribution in [-0.4, -0.2) is 10.9 Å². The van der Waals surface area contributed by atoms with Gasteiger partial charge < -0.3 is 10.6 Å². The number of aromatic nitrogens is 1. The third kappa shape index (κ3) is 3.91. The average Bonchev–Trinajstić information content (AvgIpc) is 2.57. The van der Waals surface area contributed by atoms with Crippen molar-refractivity contribution < 1.29 is 4.79 Å².